The summed E-state index contributed by atoms with van der Waals surface area (Å²) in [5.74, 6) is 0. The summed E-state index contributed by atoms with van der Waals surface area (Å²) in [7, 11) is 4.49. The predicted molar refractivity (Wildman–Crippen MR) is 250 cm³/mol. The number of fused-ring (bicyclic) bond motifs is 11. The lowest BCUT2D eigenvalue weighted by atomic mass is 9.43. The quantitative estimate of drug-likeness (QED) is 0.157. The molecular weight excluding hydrogens is 701 g/mol. The highest BCUT2D eigenvalue weighted by atomic mass is 15.2. The maximum Gasteiger partial charge on any atom is 0.329 e. The Labute approximate surface area is 343 Å². The van der Waals surface area contributed by atoms with E-state index in [1.807, 2.05) is 0 Å². The molecule has 8 aromatic rings. The number of anilines is 6. The number of hydrogen-bond acceptors (Lipinski definition) is 3. The first kappa shape index (κ1) is 35.6. The second kappa shape index (κ2) is 14.0. The average molecular weight is 748 g/mol. The molecule has 2 aliphatic heterocycles. The Morgan fingerprint density at radius 3 is 1.50 bits per heavy atom. The second-order valence-corrected chi connectivity index (χ2v) is 16.0. The number of nitrogens with zero attached hydrogens (tertiary/aromatic N) is 3. The molecule has 10 rings (SSSR count). The van der Waals surface area contributed by atoms with Crippen molar-refractivity contribution in [3.05, 3.63) is 192 Å². The standard InChI is InChI=1S/C54H46BN3/c1-35-19-7-8-23-39(35)41-25-10-13-29-45(41)56(5)47-31-17-32-48(53(47)51-36(2)20-15-21-37(51)3)57(6)49-33-18-34-50-54(49)52-38(4)22-16-28-44(52)55-43-27-12-9-24-40(43)42-26-11-14-30-46(42)58(50)55/h7-34H,1-6H3. The largest absolute Gasteiger partial charge is 0.376 e. The summed E-state index contributed by atoms with van der Waals surface area (Å²) in [6.45, 7) is 9.04. The van der Waals surface area contributed by atoms with Crippen molar-refractivity contribution in [1.82, 2.24) is 0 Å². The van der Waals surface area contributed by atoms with Crippen LogP contribution >= 0.6 is 0 Å². The fourth-order valence-electron chi connectivity index (χ4n) is 9.95. The van der Waals surface area contributed by atoms with Crippen LogP contribution in [0.2, 0.25) is 0 Å². The maximum atomic E-state index is 2.60. The van der Waals surface area contributed by atoms with Gasteiger partial charge in [-0.2, -0.15) is 0 Å². The van der Waals surface area contributed by atoms with Crippen molar-refractivity contribution in [3.63, 3.8) is 0 Å². The van der Waals surface area contributed by atoms with Gasteiger partial charge in [-0.25, -0.2) is 0 Å². The van der Waals surface area contributed by atoms with Gasteiger partial charge in [0, 0.05) is 53.4 Å². The van der Waals surface area contributed by atoms with Gasteiger partial charge in [-0.3, -0.25) is 0 Å². The van der Waals surface area contributed by atoms with Gasteiger partial charge in [-0.05, 0) is 120 Å². The van der Waals surface area contributed by atoms with Crippen LogP contribution in [0.4, 0.5) is 34.1 Å². The van der Waals surface area contributed by atoms with E-state index in [9.17, 15) is 0 Å². The molecule has 3 nitrogen and oxygen atoms in total. The smallest absolute Gasteiger partial charge is 0.329 e. The first-order valence-electron chi connectivity index (χ1n) is 20.4. The Hall–Kier alpha value is -6.78. The van der Waals surface area contributed by atoms with Crippen LogP contribution in [0.5, 0.6) is 0 Å². The normalized spacial score (nSPS) is 12.2. The van der Waals surface area contributed by atoms with E-state index in [1.54, 1.807) is 0 Å². The van der Waals surface area contributed by atoms with Crippen LogP contribution in [-0.4, -0.2) is 20.9 Å². The molecule has 0 aromatic heterocycles. The van der Waals surface area contributed by atoms with E-state index in [0.717, 1.165) is 11.4 Å². The number of benzene rings is 8. The lowest BCUT2D eigenvalue weighted by molar-refractivity contribution is 1.17. The van der Waals surface area contributed by atoms with Crippen molar-refractivity contribution in [2.75, 3.05) is 28.7 Å². The number of para-hydroxylation sites is 2. The zero-order valence-electron chi connectivity index (χ0n) is 34.1. The first-order valence-corrected chi connectivity index (χ1v) is 20.4. The molecule has 0 N–H and O–H groups in total. The molecule has 0 amide bonds. The van der Waals surface area contributed by atoms with Crippen LogP contribution in [-0.2, 0) is 0 Å². The molecule has 0 unspecified atom stereocenters. The molecular formula is C54H46BN3. The zero-order chi connectivity index (χ0) is 39.7. The molecule has 0 saturated heterocycles. The van der Waals surface area contributed by atoms with Gasteiger partial charge in [-0.1, -0.05) is 133 Å². The summed E-state index contributed by atoms with van der Waals surface area (Å²) in [6.07, 6.45) is 0. The van der Waals surface area contributed by atoms with Crippen molar-refractivity contribution < 1.29 is 0 Å². The van der Waals surface area contributed by atoms with Crippen molar-refractivity contribution in [2.45, 2.75) is 27.7 Å². The fraction of sp³-hybridized carbons (Fsp3) is 0.111. The van der Waals surface area contributed by atoms with Gasteiger partial charge in [0.05, 0.1) is 17.1 Å². The van der Waals surface area contributed by atoms with Crippen LogP contribution in [0.25, 0.3) is 44.5 Å². The van der Waals surface area contributed by atoms with Crippen LogP contribution < -0.4 is 25.5 Å². The Bertz CT molecular complexity index is 2890. The SMILES string of the molecule is Cc1ccccc1-c1ccccc1N(C)c1cccc(N(C)c2cccc3c2-c2c(C)cccc2B2c4ccccc4-c4ccccc4N23)c1-c1c(C)cccc1C. The summed E-state index contributed by atoms with van der Waals surface area (Å²) < 4.78 is 0. The molecule has 2 heterocycles. The summed E-state index contributed by atoms with van der Waals surface area (Å²) in [5, 5.41) is 0. The van der Waals surface area contributed by atoms with Crippen LogP contribution in [0.1, 0.15) is 22.3 Å². The van der Waals surface area contributed by atoms with Crippen molar-refractivity contribution in [1.29, 1.82) is 0 Å². The summed E-state index contributed by atoms with van der Waals surface area (Å²) in [4.78, 5) is 7.45. The van der Waals surface area contributed by atoms with E-state index >= 15 is 0 Å². The van der Waals surface area contributed by atoms with E-state index in [-0.39, 0.29) is 6.85 Å². The van der Waals surface area contributed by atoms with Gasteiger partial charge in [0.2, 0.25) is 0 Å². The Balaban J connectivity index is 1.21. The molecule has 0 fully saturated rings. The van der Waals surface area contributed by atoms with E-state index in [2.05, 4.69) is 226 Å². The Morgan fingerprint density at radius 2 is 0.776 bits per heavy atom. The average Bonchev–Trinajstić information content (AvgIpc) is 3.25. The molecule has 8 aromatic carbocycles. The van der Waals surface area contributed by atoms with Gasteiger partial charge >= 0.3 is 6.85 Å². The lowest BCUT2D eigenvalue weighted by Crippen LogP contribution is -2.59. The third-order valence-corrected chi connectivity index (χ3v) is 12.6. The number of rotatable bonds is 6. The van der Waals surface area contributed by atoms with Crippen molar-refractivity contribution in [3.8, 4) is 44.5 Å². The van der Waals surface area contributed by atoms with Crippen molar-refractivity contribution >= 4 is 51.9 Å². The van der Waals surface area contributed by atoms with Crippen molar-refractivity contribution in [2.24, 2.45) is 0 Å². The van der Waals surface area contributed by atoms with Gasteiger partial charge in [0.25, 0.3) is 0 Å². The molecule has 280 valence electrons. The van der Waals surface area contributed by atoms with Gasteiger partial charge < -0.3 is 14.6 Å². The third-order valence-electron chi connectivity index (χ3n) is 12.6. The minimum Gasteiger partial charge on any atom is -0.376 e. The molecule has 0 atom stereocenters. The molecule has 0 spiro atoms. The number of aryl methyl sites for hydroxylation is 4. The maximum absolute atomic E-state index is 2.60. The first-order chi connectivity index (χ1) is 28.3. The van der Waals surface area contributed by atoms with E-state index in [1.165, 1.54) is 100 Å². The zero-order valence-corrected chi connectivity index (χ0v) is 34.1. The molecule has 0 aliphatic carbocycles. The highest BCUT2D eigenvalue weighted by Gasteiger charge is 2.43. The molecule has 2 aliphatic rings. The molecule has 58 heavy (non-hydrogen) atoms. The molecule has 0 radical (unpaired) electrons. The Kier molecular flexibility index (Phi) is 8.60. The Morgan fingerprint density at radius 1 is 0.328 bits per heavy atom. The summed E-state index contributed by atoms with van der Waals surface area (Å²) in [5.41, 5.74) is 25.0. The van der Waals surface area contributed by atoms with E-state index in [4.69, 9.17) is 0 Å². The topological polar surface area (TPSA) is 9.72 Å². The fourth-order valence-corrected chi connectivity index (χ4v) is 9.95. The van der Waals surface area contributed by atoms with Crippen LogP contribution in [0.3, 0.4) is 0 Å². The van der Waals surface area contributed by atoms with E-state index < -0.39 is 0 Å². The molecule has 0 bridgehead atoms. The highest BCUT2D eigenvalue weighted by molar-refractivity contribution is 6.92. The number of hydrogen-bond donors (Lipinski definition) is 0. The monoisotopic (exact) mass is 747 g/mol. The van der Waals surface area contributed by atoms with E-state index in [0.29, 0.717) is 0 Å². The highest BCUT2D eigenvalue weighted by Crippen LogP contribution is 2.52. The second-order valence-electron chi connectivity index (χ2n) is 16.0. The van der Waals surface area contributed by atoms with Gasteiger partial charge in [0.1, 0.15) is 0 Å². The van der Waals surface area contributed by atoms with Gasteiger partial charge in [-0.15, -0.1) is 0 Å². The minimum atomic E-state index is 0.0598. The predicted octanol–water partition coefficient (Wildman–Crippen LogP) is 12.7. The van der Waals surface area contributed by atoms with Crippen LogP contribution in [0.15, 0.2) is 170 Å². The summed E-state index contributed by atoms with van der Waals surface area (Å²) in [6, 6.07) is 62.7. The summed E-state index contributed by atoms with van der Waals surface area (Å²) >= 11 is 0. The molecule has 0 saturated carbocycles. The molecule has 4 heteroatoms. The minimum absolute atomic E-state index is 0.0598. The van der Waals surface area contributed by atoms with Gasteiger partial charge in [0.15, 0.2) is 0 Å². The van der Waals surface area contributed by atoms with Crippen LogP contribution in [0, 0.1) is 27.7 Å². The lowest BCUT2D eigenvalue weighted by Gasteiger charge is -2.44. The third kappa shape index (κ3) is 5.43.